The summed E-state index contributed by atoms with van der Waals surface area (Å²) in [5.41, 5.74) is -0.187. The number of rotatable bonds is 5. The number of ether oxygens (including phenoxy) is 2. The lowest BCUT2D eigenvalue weighted by atomic mass is 9.95. The number of carbonyl (C=O) groups is 1. The summed E-state index contributed by atoms with van der Waals surface area (Å²) in [6.07, 6.45) is -0.347. The van der Waals surface area contributed by atoms with Crippen LogP contribution in [0.1, 0.15) is 13.8 Å². The number of anilines is 1. The highest BCUT2D eigenvalue weighted by Gasteiger charge is 2.40. The maximum Gasteiger partial charge on any atom is 0.333 e. The normalized spacial score (nSPS) is 15.6. The van der Waals surface area contributed by atoms with Gasteiger partial charge >= 0.3 is 5.97 Å². The molecule has 0 saturated carbocycles. The minimum Gasteiger partial charge on any atom is -0.467 e. The number of methoxy groups -OCH3 is 2. The third kappa shape index (κ3) is 3.15. The Balaban J connectivity index is 2.98. The van der Waals surface area contributed by atoms with Gasteiger partial charge in [-0.15, -0.1) is 0 Å². The average molecular weight is 272 g/mol. The third-order valence-corrected chi connectivity index (χ3v) is 3.28. The Morgan fingerprint density at radius 3 is 2.33 bits per heavy atom. The van der Waals surface area contributed by atoms with Crippen LogP contribution in [0.25, 0.3) is 0 Å². The minimum absolute atomic E-state index is 0.347. The van der Waals surface area contributed by atoms with Crippen molar-refractivity contribution in [2.24, 2.45) is 0 Å². The summed E-state index contributed by atoms with van der Waals surface area (Å²) in [7, 11) is 2.90. The smallest absolute Gasteiger partial charge is 0.333 e. The second kappa shape index (κ2) is 6.07. The maximum absolute atomic E-state index is 11.9. The van der Waals surface area contributed by atoms with Crippen LogP contribution in [0.4, 0.5) is 5.69 Å². The van der Waals surface area contributed by atoms with Gasteiger partial charge in [0.05, 0.1) is 13.2 Å². The number of carbonyl (C=O) groups excluding carboxylic acids is 1. The lowest BCUT2D eigenvalue weighted by Gasteiger charge is -2.33. The van der Waals surface area contributed by atoms with Crippen molar-refractivity contribution in [3.05, 3.63) is 29.3 Å². The Morgan fingerprint density at radius 2 is 1.89 bits per heavy atom. The second-order valence-corrected chi connectivity index (χ2v) is 4.64. The van der Waals surface area contributed by atoms with Gasteiger partial charge < -0.3 is 14.8 Å². The van der Waals surface area contributed by atoms with Gasteiger partial charge in [0.2, 0.25) is 0 Å². The van der Waals surface area contributed by atoms with Crippen LogP contribution >= 0.6 is 11.6 Å². The average Bonchev–Trinajstić information content (AvgIpc) is 2.39. The van der Waals surface area contributed by atoms with E-state index >= 15 is 0 Å². The van der Waals surface area contributed by atoms with Crippen molar-refractivity contribution in [3.63, 3.8) is 0 Å². The number of hydrogen-bond acceptors (Lipinski definition) is 4. The van der Waals surface area contributed by atoms with Gasteiger partial charge in [-0.1, -0.05) is 11.6 Å². The van der Waals surface area contributed by atoms with Crippen molar-refractivity contribution in [1.82, 2.24) is 0 Å². The van der Waals surface area contributed by atoms with Gasteiger partial charge in [0.25, 0.3) is 0 Å². The molecule has 1 aromatic rings. The molecule has 18 heavy (non-hydrogen) atoms. The quantitative estimate of drug-likeness (QED) is 0.837. The van der Waals surface area contributed by atoms with Gasteiger partial charge in [-0.05, 0) is 38.1 Å². The summed E-state index contributed by atoms with van der Waals surface area (Å²) < 4.78 is 10.1. The molecule has 0 bridgehead atoms. The first-order valence-corrected chi connectivity index (χ1v) is 5.96. The Hall–Kier alpha value is -1.26. The molecule has 1 aromatic carbocycles. The molecule has 0 amide bonds. The van der Waals surface area contributed by atoms with E-state index in [9.17, 15) is 4.79 Å². The van der Waals surface area contributed by atoms with Gasteiger partial charge in [-0.3, -0.25) is 0 Å². The summed E-state index contributed by atoms with van der Waals surface area (Å²) in [5.74, 6) is -0.383. The van der Waals surface area contributed by atoms with E-state index in [-0.39, 0.29) is 12.1 Å². The van der Waals surface area contributed by atoms with E-state index in [1.807, 2.05) is 0 Å². The first kappa shape index (κ1) is 14.8. The van der Waals surface area contributed by atoms with Gasteiger partial charge in [-0.2, -0.15) is 0 Å². The minimum atomic E-state index is -0.961. The van der Waals surface area contributed by atoms with E-state index in [2.05, 4.69) is 5.32 Å². The molecular formula is C13H18ClNO3. The molecule has 0 aliphatic carbocycles. The fourth-order valence-corrected chi connectivity index (χ4v) is 1.73. The maximum atomic E-state index is 11.9. The Morgan fingerprint density at radius 1 is 1.33 bits per heavy atom. The predicted octanol–water partition coefficient (Wildman–Crippen LogP) is 2.72. The van der Waals surface area contributed by atoms with E-state index in [0.29, 0.717) is 5.02 Å². The standard InChI is InChI=1S/C13H18ClNO3/c1-9(17-3)13(2,12(16)18-4)15-11-7-5-10(14)6-8-11/h5-9,15H,1-4H3. The monoisotopic (exact) mass is 271 g/mol. The molecule has 2 unspecified atom stereocenters. The van der Waals surface area contributed by atoms with Crippen molar-refractivity contribution in [1.29, 1.82) is 0 Å². The highest BCUT2D eigenvalue weighted by molar-refractivity contribution is 6.30. The molecule has 0 aliphatic heterocycles. The summed E-state index contributed by atoms with van der Waals surface area (Å²) in [4.78, 5) is 11.9. The summed E-state index contributed by atoms with van der Waals surface area (Å²) in [6, 6.07) is 7.09. The molecule has 0 aromatic heterocycles. The van der Waals surface area contributed by atoms with Crippen molar-refractivity contribution in [2.45, 2.75) is 25.5 Å². The van der Waals surface area contributed by atoms with Crippen molar-refractivity contribution < 1.29 is 14.3 Å². The number of benzene rings is 1. The van der Waals surface area contributed by atoms with E-state index in [1.54, 1.807) is 45.2 Å². The van der Waals surface area contributed by atoms with Crippen LogP contribution in [0, 0.1) is 0 Å². The molecule has 5 heteroatoms. The molecule has 0 heterocycles. The predicted molar refractivity (Wildman–Crippen MR) is 72.0 cm³/mol. The van der Waals surface area contributed by atoms with Crippen LogP contribution in [-0.4, -0.2) is 31.8 Å². The van der Waals surface area contributed by atoms with Gasteiger partial charge in [0, 0.05) is 17.8 Å². The number of nitrogens with one attached hydrogen (secondary N) is 1. The molecule has 1 rings (SSSR count). The highest BCUT2D eigenvalue weighted by Crippen LogP contribution is 2.23. The molecular weight excluding hydrogens is 254 g/mol. The zero-order valence-electron chi connectivity index (χ0n) is 11.0. The Labute approximate surface area is 112 Å². The lowest BCUT2D eigenvalue weighted by molar-refractivity contribution is -0.149. The summed E-state index contributed by atoms with van der Waals surface area (Å²) in [5, 5.41) is 3.76. The Kier molecular flexibility index (Phi) is 4.99. The number of hydrogen-bond donors (Lipinski definition) is 1. The van der Waals surface area contributed by atoms with Crippen LogP contribution in [0.15, 0.2) is 24.3 Å². The molecule has 2 atom stereocenters. The van der Waals surface area contributed by atoms with E-state index in [1.165, 1.54) is 7.11 Å². The molecule has 1 N–H and O–H groups in total. The molecule has 0 saturated heterocycles. The molecule has 0 radical (unpaired) electrons. The molecule has 0 aliphatic rings. The Bertz CT molecular complexity index is 407. The van der Waals surface area contributed by atoms with Crippen molar-refractivity contribution in [2.75, 3.05) is 19.5 Å². The fourth-order valence-electron chi connectivity index (χ4n) is 1.60. The van der Waals surface area contributed by atoms with E-state index in [4.69, 9.17) is 21.1 Å². The first-order valence-electron chi connectivity index (χ1n) is 5.59. The van der Waals surface area contributed by atoms with Gasteiger partial charge in [0.15, 0.2) is 5.54 Å². The van der Waals surface area contributed by atoms with Crippen LogP contribution in [0.2, 0.25) is 5.02 Å². The van der Waals surface area contributed by atoms with E-state index in [0.717, 1.165) is 5.69 Å². The van der Waals surface area contributed by atoms with Gasteiger partial charge in [-0.25, -0.2) is 4.79 Å². The SMILES string of the molecule is COC(=O)C(C)(Nc1ccc(Cl)cc1)C(C)OC. The highest BCUT2D eigenvalue weighted by atomic mass is 35.5. The van der Waals surface area contributed by atoms with Crippen LogP contribution in [0.3, 0.4) is 0 Å². The van der Waals surface area contributed by atoms with Crippen LogP contribution < -0.4 is 5.32 Å². The second-order valence-electron chi connectivity index (χ2n) is 4.20. The number of halogens is 1. The molecule has 4 nitrogen and oxygen atoms in total. The summed E-state index contributed by atoms with van der Waals surface area (Å²) >= 11 is 5.82. The fraction of sp³-hybridized carbons (Fsp3) is 0.462. The molecule has 0 fully saturated rings. The van der Waals surface area contributed by atoms with E-state index < -0.39 is 5.54 Å². The number of esters is 1. The molecule has 0 spiro atoms. The van der Waals surface area contributed by atoms with Crippen molar-refractivity contribution in [3.8, 4) is 0 Å². The topological polar surface area (TPSA) is 47.6 Å². The largest absolute Gasteiger partial charge is 0.467 e. The van der Waals surface area contributed by atoms with Gasteiger partial charge in [0.1, 0.15) is 0 Å². The van der Waals surface area contributed by atoms with Crippen molar-refractivity contribution >= 4 is 23.3 Å². The lowest BCUT2D eigenvalue weighted by Crippen LogP contribution is -2.53. The summed E-state index contributed by atoms with van der Waals surface area (Å²) in [6.45, 7) is 3.54. The molecule has 100 valence electrons. The zero-order valence-corrected chi connectivity index (χ0v) is 11.7. The third-order valence-electron chi connectivity index (χ3n) is 3.02. The zero-order chi connectivity index (χ0) is 13.8. The van der Waals surface area contributed by atoms with Crippen LogP contribution in [0.5, 0.6) is 0 Å². The van der Waals surface area contributed by atoms with Crippen LogP contribution in [-0.2, 0) is 14.3 Å². The first-order chi connectivity index (χ1) is 8.43.